The van der Waals surface area contributed by atoms with Crippen molar-refractivity contribution in [1.29, 1.82) is 0 Å². The predicted molar refractivity (Wildman–Crippen MR) is 129 cm³/mol. The summed E-state index contributed by atoms with van der Waals surface area (Å²) in [6.07, 6.45) is 9.08. The van der Waals surface area contributed by atoms with Crippen LogP contribution < -0.4 is 5.30 Å². The molecule has 3 aromatic carbocycles. The van der Waals surface area contributed by atoms with Gasteiger partial charge in [0.25, 0.3) is 5.85 Å². The monoisotopic (exact) mass is 448 g/mol. The molecule has 0 amide bonds. The molecule has 4 heteroatoms. The van der Waals surface area contributed by atoms with Crippen LogP contribution in [0.5, 0.6) is 0 Å². The van der Waals surface area contributed by atoms with Gasteiger partial charge >= 0.3 is 0 Å². The molecule has 0 aliphatic heterocycles. The van der Waals surface area contributed by atoms with E-state index in [4.69, 9.17) is 22.5 Å². The SMILES string of the molecule is C=C1/C=C\C=C/CC2(c3ccccc31)c1ccccc1-c1ccc(P(=O)(Cl)Cl)cc12. The first-order chi connectivity index (χ1) is 14.4. The first-order valence-corrected chi connectivity index (χ1v) is 13.3. The molecule has 1 unspecified atom stereocenters. The zero-order valence-corrected chi connectivity index (χ0v) is 18.6. The van der Waals surface area contributed by atoms with Crippen molar-refractivity contribution in [2.45, 2.75) is 11.8 Å². The molecule has 0 bridgehead atoms. The van der Waals surface area contributed by atoms with Crippen LogP contribution in [0.2, 0.25) is 0 Å². The molecule has 2 aliphatic rings. The van der Waals surface area contributed by atoms with Crippen LogP contribution >= 0.6 is 28.3 Å². The van der Waals surface area contributed by atoms with Gasteiger partial charge in [-0.1, -0.05) is 85.5 Å². The largest absolute Gasteiger partial charge is 0.284 e. The fourth-order valence-corrected chi connectivity index (χ4v) is 6.02. The van der Waals surface area contributed by atoms with Crippen LogP contribution in [0.1, 0.15) is 28.7 Å². The smallest absolute Gasteiger partial charge is 0.281 e. The third-order valence-electron chi connectivity index (χ3n) is 6.14. The maximum Gasteiger partial charge on any atom is 0.281 e. The second-order valence-corrected chi connectivity index (χ2v) is 12.5. The lowest BCUT2D eigenvalue weighted by Gasteiger charge is -2.34. The Morgan fingerprint density at radius 1 is 0.800 bits per heavy atom. The summed E-state index contributed by atoms with van der Waals surface area (Å²) in [4.78, 5) is 0. The van der Waals surface area contributed by atoms with Gasteiger partial charge < -0.3 is 0 Å². The lowest BCUT2D eigenvalue weighted by atomic mass is 9.68. The summed E-state index contributed by atoms with van der Waals surface area (Å²) >= 11 is 12.2. The van der Waals surface area contributed by atoms with Crippen LogP contribution in [0.25, 0.3) is 16.7 Å². The molecule has 1 nitrogen and oxygen atoms in total. The summed E-state index contributed by atoms with van der Waals surface area (Å²) in [6.45, 7) is 4.31. The minimum absolute atomic E-state index is 0.451. The second kappa shape index (κ2) is 7.13. The van der Waals surface area contributed by atoms with Crippen LogP contribution in [0.15, 0.2) is 97.6 Å². The van der Waals surface area contributed by atoms with Crippen molar-refractivity contribution in [3.63, 3.8) is 0 Å². The Kier molecular flexibility index (Phi) is 4.67. The van der Waals surface area contributed by atoms with Crippen molar-refractivity contribution in [3.05, 3.63) is 120 Å². The van der Waals surface area contributed by atoms with Gasteiger partial charge in [0.1, 0.15) is 0 Å². The van der Waals surface area contributed by atoms with Crippen molar-refractivity contribution < 1.29 is 4.57 Å². The number of fused-ring (bicyclic) bond motifs is 7. The van der Waals surface area contributed by atoms with E-state index in [1.807, 2.05) is 30.4 Å². The Hall–Kier alpha value is -2.31. The maximum absolute atomic E-state index is 12.5. The van der Waals surface area contributed by atoms with Gasteiger partial charge in [0.05, 0.1) is 5.41 Å². The molecule has 1 atom stereocenters. The molecule has 0 saturated heterocycles. The van der Waals surface area contributed by atoms with Gasteiger partial charge in [-0.2, -0.15) is 0 Å². The molecule has 5 rings (SSSR count). The Morgan fingerprint density at radius 2 is 1.43 bits per heavy atom. The van der Waals surface area contributed by atoms with E-state index in [1.54, 1.807) is 6.07 Å². The summed E-state index contributed by atoms with van der Waals surface area (Å²) < 4.78 is 12.5. The second-order valence-electron chi connectivity index (χ2n) is 7.71. The topological polar surface area (TPSA) is 17.1 Å². The van der Waals surface area contributed by atoms with Crippen LogP contribution in [-0.2, 0) is 9.98 Å². The lowest BCUT2D eigenvalue weighted by Crippen LogP contribution is -2.28. The fourth-order valence-electron chi connectivity index (χ4n) is 4.86. The van der Waals surface area contributed by atoms with E-state index in [0.717, 1.165) is 28.7 Å². The fraction of sp³-hybridized carbons (Fsp3) is 0.0769. The molecule has 30 heavy (non-hydrogen) atoms. The van der Waals surface area contributed by atoms with Gasteiger partial charge in [0, 0.05) is 5.30 Å². The normalized spacial score (nSPS) is 21.7. The standard InChI is InChI=1S/C26H19Cl2OP/c1-18-9-3-2-8-16-26(23-12-6-4-10-20(18)23)24-13-7-5-11-21(24)22-15-14-19(17-25(22)26)30(27,28)29/h2-15,17H,1,16H2/b8-2-,9-3-. The zero-order chi connectivity index (χ0) is 20.9. The molecule has 0 N–H and O–H groups in total. The highest BCUT2D eigenvalue weighted by atomic mass is 35.9. The molecule has 0 heterocycles. The molecule has 0 aromatic heterocycles. The third kappa shape index (κ3) is 2.88. The summed E-state index contributed by atoms with van der Waals surface area (Å²) in [5.41, 5.74) is 7.39. The number of hydrogen-bond acceptors (Lipinski definition) is 1. The van der Waals surface area contributed by atoms with E-state index in [9.17, 15) is 4.57 Å². The summed E-state index contributed by atoms with van der Waals surface area (Å²) in [5.74, 6) is -3.44. The minimum Gasteiger partial charge on any atom is -0.284 e. The highest BCUT2D eigenvalue weighted by Crippen LogP contribution is 2.59. The number of allylic oxidation sites excluding steroid dienone is 5. The maximum atomic E-state index is 12.5. The number of hydrogen-bond donors (Lipinski definition) is 0. The van der Waals surface area contributed by atoms with Crippen LogP contribution in [-0.4, -0.2) is 0 Å². The molecule has 148 valence electrons. The van der Waals surface area contributed by atoms with Crippen molar-refractivity contribution >= 4 is 39.2 Å². The molecular formula is C26H19Cl2OP. The van der Waals surface area contributed by atoms with E-state index >= 15 is 0 Å². The first kappa shape index (κ1) is 19.6. The molecule has 0 fully saturated rings. The van der Waals surface area contributed by atoms with E-state index in [0.29, 0.717) is 5.30 Å². The lowest BCUT2D eigenvalue weighted by molar-refractivity contribution is 0.597. The highest BCUT2D eigenvalue weighted by molar-refractivity contribution is 8.13. The van der Waals surface area contributed by atoms with Gasteiger partial charge in [0.15, 0.2) is 0 Å². The Bertz CT molecular complexity index is 1300. The minimum atomic E-state index is -3.44. The van der Waals surface area contributed by atoms with E-state index in [1.165, 1.54) is 16.7 Å². The average molecular weight is 449 g/mol. The number of rotatable bonds is 1. The summed E-state index contributed by atoms with van der Waals surface area (Å²) in [7, 11) is 0. The van der Waals surface area contributed by atoms with Crippen molar-refractivity contribution in [2.75, 3.05) is 0 Å². The predicted octanol–water partition coefficient (Wildman–Crippen LogP) is 7.83. The Morgan fingerprint density at radius 3 is 2.17 bits per heavy atom. The van der Waals surface area contributed by atoms with Gasteiger partial charge in [-0.15, -0.1) is 0 Å². The van der Waals surface area contributed by atoms with E-state index < -0.39 is 11.3 Å². The Labute approximate surface area is 186 Å². The quantitative estimate of drug-likeness (QED) is 0.346. The van der Waals surface area contributed by atoms with Gasteiger partial charge in [-0.05, 0) is 80.0 Å². The van der Waals surface area contributed by atoms with Gasteiger partial charge in [-0.3, -0.25) is 4.57 Å². The van der Waals surface area contributed by atoms with E-state index in [-0.39, 0.29) is 0 Å². The van der Waals surface area contributed by atoms with Gasteiger partial charge in [-0.25, -0.2) is 0 Å². The van der Waals surface area contributed by atoms with Crippen molar-refractivity contribution in [3.8, 4) is 11.1 Å². The van der Waals surface area contributed by atoms with Gasteiger partial charge in [0.2, 0.25) is 0 Å². The summed E-state index contributed by atoms with van der Waals surface area (Å²) in [5, 5.41) is 0.468. The van der Waals surface area contributed by atoms with Crippen LogP contribution in [0, 0.1) is 0 Å². The van der Waals surface area contributed by atoms with Crippen molar-refractivity contribution in [2.24, 2.45) is 0 Å². The van der Waals surface area contributed by atoms with Crippen LogP contribution in [0.3, 0.4) is 0 Å². The van der Waals surface area contributed by atoms with Crippen LogP contribution in [0.4, 0.5) is 0 Å². The Balaban J connectivity index is 1.93. The average Bonchev–Trinajstić information content (AvgIpc) is 3.06. The zero-order valence-electron chi connectivity index (χ0n) is 16.2. The van der Waals surface area contributed by atoms with Crippen molar-refractivity contribution in [1.82, 2.24) is 0 Å². The first-order valence-electron chi connectivity index (χ1n) is 9.79. The molecule has 3 aromatic rings. The number of benzene rings is 3. The third-order valence-corrected chi connectivity index (χ3v) is 8.19. The molecule has 1 spiro atoms. The highest BCUT2D eigenvalue weighted by Gasteiger charge is 2.45. The van der Waals surface area contributed by atoms with E-state index in [2.05, 4.69) is 61.2 Å². The molecular weight excluding hydrogens is 430 g/mol. The number of halogens is 2. The molecule has 0 saturated carbocycles. The molecule has 0 radical (unpaired) electrons. The molecule has 2 aliphatic carbocycles. The summed E-state index contributed by atoms with van der Waals surface area (Å²) in [6, 6.07) is 22.6.